The summed E-state index contributed by atoms with van der Waals surface area (Å²) in [5.74, 6) is -0.329. The number of carbonyl (C=O) groups excluding carboxylic acids is 1. The smallest absolute Gasteiger partial charge is 0.330 e. The van der Waals surface area contributed by atoms with Crippen molar-refractivity contribution in [2.45, 2.75) is 20.4 Å². The van der Waals surface area contributed by atoms with Crippen molar-refractivity contribution in [3.05, 3.63) is 49.3 Å². The van der Waals surface area contributed by atoms with E-state index in [0.29, 0.717) is 6.54 Å². The number of rotatable bonds is 8. The highest BCUT2D eigenvalue weighted by atomic mass is 32.1. The van der Waals surface area contributed by atoms with Crippen LogP contribution in [0.3, 0.4) is 0 Å². The number of thiophene rings is 1. The second-order valence-electron chi connectivity index (χ2n) is 6.33. The molecule has 0 fully saturated rings. The molecule has 0 bridgehead atoms. The SMILES string of the molecule is COCCN(C(=O)/C=C/c1cccs1)c1c(N)n(CC(C)C)c(=O)[nH]c1=O. The van der Waals surface area contributed by atoms with E-state index < -0.39 is 17.2 Å². The van der Waals surface area contributed by atoms with Gasteiger partial charge in [0.15, 0.2) is 5.69 Å². The molecule has 2 aromatic rings. The van der Waals surface area contributed by atoms with Gasteiger partial charge in [-0.05, 0) is 23.4 Å². The maximum absolute atomic E-state index is 12.8. The van der Waals surface area contributed by atoms with Crippen LogP contribution < -0.4 is 21.9 Å². The summed E-state index contributed by atoms with van der Waals surface area (Å²) in [7, 11) is 1.50. The first kappa shape index (κ1) is 20.7. The van der Waals surface area contributed by atoms with Gasteiger partial charge in [-0.2, -0.15) is 0 Å². The molecule has 0 aliphatic rings. The minimum Gasteiger partial charge on any atom is -0.383 e. The largest absolute Gasteiger partial charge is 0.383 e. The van der Waals surface area contributed by atoms with E-state index in [9.17, 15) is 14.4 Å². The summed E-state index contributed by atoms with van der Waals surface area (Å²) in [6.07, 6.45) is 3.04. The first-order valence-corrected chi connectivity index (χ1v) is 9.37. The lowest BCUT2D eigenvalue weighted by atomic mass is 10.2. The molecule has 0 saturated heterocycles. The van der Waals surface area contributed by atoms with Crippen LogP contribution in [0.4, 0.5) is 11.5 Å². The molecule has 0 unspecified atom stereocenters. The Morgan fingerprint density at radius 2 is 2.19 bits per heavy atom. The number of anilines is 2. The van der Waals surface area contributed by atoms with Gasteiger partial charge in [0.05, 0.1) is 6.61 Å². The fraction of sp³-hybridized carbons (Fsp3) is 0.389. The van der Waals surface area contributed by atoms with E-state index >= 15 is 0 Å². The van der Waals surface area contributed by atoms with Gasteiger partial charge in [0.25, 0.3) is 11.5 Å². The molecule has 0 aliphatic heterocycles. The lowest BCUT2D eigenvalue weighted by Gasteiger charge is -2.23. The van der Waals surface area contributed by atoms with Crippen LogP contribution in [0.25, 0.3) is 6.08 Å². The van der Waals surface area contributed by atoms with Crippen molar-refractivity contribution in [2.75, 3.05) is 30.9 Å². The van der Waals surface area contributed by atoms with Crippen molar-refractivity contribution in [1.29, 1.82) is 0 Å². The van der Waals surface area contributed by atoms with Crippen LogP contribution >= 0.6 is 11.3 Å². The number of ether oxygens (including phenoxy) is 1. The third kappa shape index (κ3) is 5.18. The minimum absolute atomic E-state index is 0.0357. The van der Waals surface area contributed by atoms with Crippen LogP contribution in [0.2, 0.25) is 0 Å². The second kappa shape index (κ2) is 9.33. The lowest BCUT2D eigenvalue weighted by molar-refractivity contribution is -0.114. The van der Waals surface area contributed by atoms with Crippen molar-refractivity contribution in [2.24, 2.45) is 5.92 Å². The molecule has 0 radical (unpaired) electrons. The third-order valence-corrected chi connectivity index (χ3v) is 4.59. The van der Waals surface area contributed by atoms with Gasteiger partial charge in [-0.25, -0.2) is 4.79 Å². The number of amides is 1. The quantitative estimate of drug-likeness (QED) is 0.662. The van der Waals surface area contributed by atoms with Gasteiger partial charge in [0, 0.05) is 31.2 Å². The number of nitrogen functional groups attached to an aromatic ring is 1. The molecule has 2 aromatic heterocycles. The molecule has 2 heterocycles. The molecule has 3 N–H and O–H groups in total. The number of hydrogen-bond donors (Lipinski definition) is 2. The number of carbonyl (C=O) groups is 1. The van der Waals surface area contributed by atoms with Crippen molar-refractivity contribution >= 4 is 34.8 Å². The van der Waals surface area contributed by atoms with E-state index in [1.165, 1.54) is 34.0 Å². The zero-order valence-corrected chi connectivity index (χ0v) is 16.4. The Bertz CT molecular complexity index is 912. The van der Waals surface area contributed by atoms with Gasteiger partial charge in [0.2, 0.25) is 0 Å². The Balaban J connectivity index is 2.48. The average molecular weight is 392 g/mol. The summed E-state index contributed by atoms with van der Waals surface area (Å²) >= 11 is 1.49. The van der Waals surface area contributed by atoms with Crippen LogP contribution in [0.1, 0.15) is 18.7 Å². The van der Waals surface area contributed by atoms with E-state index in [1.807, 2.05) is 31.4 Å². The molecule has 0 atom stereocenters. The molecule has 0 aromatic carbocycles. The average Bonchev–Trinajstić information content (AvgIpc) is 3.12. The molecule has 0 aliphatic carbocycles. The van der Waals surface area contributed by atoms with Crippen molar-refractivity contribution in [3.63, 3.8) is 0 Å². The number of hydrogen-bond acceptors (Lipinski definition) is 6. The van der Waals surface area contributed by atoms with Gasteiger partial charge < -0.3 is 10.5 Å². The number of H-pyrrole nitrogens is 1. The summed E-state index contributed by atoms with van der Waals surface area (Å²) in [4.78, 5) is 41.7. The number of aromatic amines is 1. The maximum Gasteiger partial charge on any atom is 0.330 e. The molecule has 0 spiro atoms. The monoisotopic (exact) mass is 392 g/mol. The van der Waals surface area contributed by atoms with Crippen molar-refractivity contribution in [1.82, 2.24) is 9.55 Å². The molecule has 0 saturated carbocycles. The summed E-state index contributed by atoms with van der Waals surface area (Å²) < 4.78 is 6.33. The highest BCUT2D eigenvalue weighted by molar-refractivity contribution is 7.10. The summed E-state index contributed by atoms with van der Waals surface area (Å²) in [6.45, 7) is 4.51. The first-order valence-electron chi connectivity index (χ1n) is 8.49. The highest BCUT2D eigenvalue weighted by Gasteiger charge is 2.23. The fourth-order valence-electron chi connectivity index (χ4n) is 2.53. The zero-order chi connectivity index (χ0) is 20.0. The maximum atomic E-state index is 12.8. The minimum atomic E-state index is -0.702. The van der Waals surface area contributed by atoms with Crippen LogP contribution in [0.5, 0.6) is 0 Å². The highest BCUT2D eigenvalue weighted by Crippen LogP contribution is 2.19. The predicted octanol–water partition coefficient (Wildman–Crippen LogP) is 1.53. The number of methoxy groups -OCH3 is 1. The Labute approximate surface area is 160 Å². The van der Waals surface area contributed by atoms with Crippen molar-refractivity contribution < 1.29 is 9.53 Å². The summed E-state index contributed by atoms with van der Waals surface area (Å²) in [5.41, 5.74) is 4.78. The van der Waals surface area contributed by atoms with Crippen LogP contribution in [-0.2, 0) is 16.1 Å². The number of aromatic nitrogens is 2. The van der Waals surface area contributed by atoms with E-state index in [-0.39, 0.29) is 30.6 Å². The van der Waals surface area contributed by atoms with Gasteiger partial charge in [0.1, 0.15) is 5.82 Å². The van der Waals surface area contributed by atoms with E-state index in [0.717, 1.165) is 4.88 Å². The molecule has 8 nitrogen and oxygen atoms in total. The summed E-state index contributed by atoms with van der Waals surface area (Å²) in [5, 5.41) is 1.90. The zero-order valence-electron chi connectivity index (χ0n) is 15.6. The number of nitrogens with one attached hydrogen (secondary N) is 1. The Morgan fingerprint density at radius 3 is 2.78 bits per heavy atom. The normalized spacial score (nSPS) is 11.4. The molecule has 9 heteroatoms. The molecule has 2 rings (SSSR count). The van der Waals surface area contributed by atoms with Crippen molar-refractivity contribution in [3.8, 4) is 0 Å². The Kier molecular flexibility index (Phi) is 7.14. The Morgan fingerprint density at radius 1 is 1.44 bits per heavy atom. The van der Waals surface area contributed by atoms with E-state index in [2.05, 4.69) is 4.98 Å². The van der Waals surface area contributed by atoms with Crippen LogP contribution in [0.15, 0.2) is 33.2 Å². The predicted molar refractivity (Wildman–Crippen MR) is 108 cm³/mol. The molecule has 146 valence electrons. The van der Waals surface area contributed by atoms with Gasteiger partial charge in [-0.15, -0.1) is 11.3 Å². The number of nitrogens with zero attached hydrogens (tertiary/aromatic N) is 2. The van der Waals surface area contributed by atoms with Gasteiger partial charge in [-0.1, -0.05) is 19.9 Å². The second-order valence-corrected chi connectivity index (χ2v) is 7.31. The Hall–Kier alpha value is -2.65. The number of nitrogens with two attached hydrogens (primary N) is 1. The van der Waals surface area contributed by atoms with Gasteiger partial charge >= 0.3 is 5.69 Å². The topological polar surface area (TPSA) is 110 Å². The lowest BCUT2D eigenvalue weighted by Crippen LogP contribution is -2.42. The molecular weight excluding hydrogens is 368 g/mol. The van der Waals surface area contributed by atoms with E-state index in [4.69, 9.17) is 10.5 Å². The molecule has 1 amide bonds. The van der Waals surface area contributed by atoms with E-state index in [1.54, 1.807) is 6.08 Å². The first-order chi connectivity index (χ1) is 12.8. The van der Waals surface area contributed by atoms with Crippen LogP contribution in [-0.4, -0.2) is 35.7 Å². The fourth-order valence-corrected chi connectivity index (χ4v) is 3.15. The van der Waals surface area contributed by atoms with Gasteiger partial charge in [-0.3, -0.25) is 24.0 Å². The summed E-state index contributed by atoms with van der Waals surface area (Å²) in [6, 6.07) is 3.75. The standard InChI is InChI=1S/C18H24N4O4S/c1-12(2)11-22-16(19)15(17(24)20-18(22)25)21(8-9-26-3)14(23)7-6-13-5-4-10-27-13/h4-7,10,12H,8-9,11,19H2,1-3H3,(H,20,24,25)/b7-6+. The van der Waals surface area contributed by atoms with Crippen LogP contribution in [0, 0.1) is 5.92 Å². The third-order valence-electron chi connectivity index (χ3n) is 3.75. The molecule has 27 heavy (non-hydrogen) atoms. The molecular formula is C18H24N4O4S.